The normalized spacial score (nSPS) is 20.0. The largest absolute Gasteiger partial charge is 0.379 e. The van der Waals surface area contributed by atoms with E-state index in [9.17, 15) is 4.79 Å². The molecule has 2 aromatic heterocycles. The molecule has 0 bridgehead atoms. The van der Waals surface area contributed by atoms with Crippen molar-refractivity contribution in [3.05, 3.63) is 47.5 Å². The Morgan fingerprint density at radius 3 is 2.65 bits per heavy atom. The highest BCUT2D eigenvalue weighted by Gasteiger charge is 2.39. The SMILES string of the molecule is Cc1cc(C)n(C2CN(C(=O)C(c3cccnc3)N3CCOCC3)C2)n1. The maximum Gasteiger partial charge on any atom is 0.244 e. The van der Waals surface area contributed by atoms with Gasteiger partial charge in [-0.25, -0.2) is 0 Å². The second kappa shape index (κ2) is 7.17. The van der Waals surface area contributed by atoms with Crippen LogP contribution in [0, 0.1) is 13.8 Å². The molecule has 0 spiro atoms. The minimum Gasteiger partial charge on any atom is -0.379 e. The van der Waals surface area contributed by atoms with Crippen molar-refractivity contribution in [3.63, 3.8) is 0 Å². The smallest absolute Gasteiger partial charge is 0.244 e. The van der Waals surface area contributed by atoms with Crippen molar-refractivity contribution in [2.45, 2.75) is 25.9 Å². The van der Waals surface area contributed by atoms with Gasteiger partial charge in [0.1, 0.15) is 6.04 Å². The molecule has 1 atom stereocenters. The molecular formula is C19H25N5O2. The quantitative estimate of drug-likeness (QED) is 0.828. The van der Waals surface area contributed by atoms with Gasteiger partial charge in [0.2, 0.25) is 5.91 Å². The van der Waals surface area contributed by atoms with Crippen molar-refractivity contribution >= 4 is 5.91 Å². The molecule has 4 heterocycles. The standard InChI is InChI=1S/C19H25N5O2/c1-14-10-15(2)24(21-14)17-12-23(13-17)19(25)18(16-4-3-5-20-11-16)22-6-8-26-9-7-22/h3-5,10-11,17-18H,6-9,12-13H2,1-2H3. The number of amides is 1. The number of nitrogens with zero attached hydrogens (tertiary/aromatic N) is 5. The molecule has 0 aliphatic carbocycles. The zero-order valence-electron chi connectivity index (χ0n) is 15.3. The highest BCUT2D eigenvalue weighted by atomic mass is 16.5. The molecule has 7 nitrogen and oxygen atoms in total. The molecule has 1 unspecified atom stereocenters. The average molecular weight is 355 g/mol. The number of pyridine rings is 1. The van der Waals surface area contributed by atoms with Gasteiger partial charge in [0.15, 0.2) is 0 Å². The van der Waals surface area contributed by atoms with Crippen molar-refractivity contribution in [2.24, 2.45) is 0 Å². The number of likely N-dealkylation sites (tertiary alicyclic amines) is 1. The first-order valence-electron chi connectivity index (χ1n) is 9.17. The molecule has 2 saturated heterocycles. The third-order valence-electron chi connectivity index (χ3n) is 5.21. The summed E-state index contributed by atoms with van der Waals surface area (Å²) in [6.07, 6.45) is 3.54. The Balaban J connectivity index is 1.49. The van der Waals surface area contributed by atoms with Crippen molar-refractivity contribution in [1.82, 2.24) is 24.6 Å². The van der Waals surface area contributed by atoms with Crippen LogP contribution in [0.15, 0.2) is 30.6 Å². The summed E-state index contributed by atoms with van der Waals surface area (Å²) in [5.74, 6) is 0.151. The second-order valence-electron chi connectivity index (χ2n) is 7.11. The van der Waals surface area contributed by atoms with Crippen LogP contribution in [0.1, 0.15) is 29.0 Å². The summed E-state index contributed by atoms with van der Waals surface area (Å²) >= 11 is 0. The minimum atomic E-state index is -0.283. The Bertz CT molecular complexity index is 763. The summed E-state index contributed by atoms with van der Waals surface area (Å²) in [6.45, 7) is 8.35. The van der Waals surface area contributed by atoms with Gasteiger partial charge in [-0.2, -0.15) is 5.10 Å². The molecule has 2 aromatic rings. The fourth-order valence-corrected chi connectivity index (χ4v) is 3.86. The Hall–Kier alpha value is -2.25. The van der Waals surface area contributed by atoms with Crippen LogP contribution in [0.4, 0.5) is 0 Å². The Morgan fingerprint density at radius 2 is 2.04 bits per heavy atom. The van der Waals surface area contributed by atoms with Crippen molar-refractivity contribution in [1.29, 1.82) is 0 Å². The van der Waals surface area contributed by atoms with Gasteiger partial charge in [0.25, 0.3) is 0 Å². The predicted octanol–water partition coefficient (Wildman–Crippen LogP) is 1.35. The van der Waals surface area contributed by atoms with E-state index in [-0.39, 0.29) is 18.0 Å². The molecule has 138 valence electrons. The number of hydrogen-bond acceptors (Lipinski definition) is 5. The number of carbonyl (C=O) groups is 1. The third-order valence-corrected chi connectivity index (χ3v) is 5.21. The molecule has 2 aliphatic rings. The minimum absolute atomic E-state index is 0.151. The Morgan fingerprint density at radius 1 is 1.27 bits per heavy atom. The molecule has 26 heavy (non-hydrogen) atoms. The molecule has 1 amide bonds. The van der Waals surface area contributed by atoms with Crippen LogP contribution in [0.2, 0.25) is 0 Å². The summed E-state index contributed by atoms with van der Waals surface area (Å²) in [7, 11) is 0. The molecule has 4 rings (SSSR count). The van der Waals surface area contributed by atoms with Gasteiger partial charge in [0, 0.05) is 44.3 Å². The van der Waals surface area contributed by atoms with Crippen molar-refractivity contribution < 1.29 is 9.53 Å². The number of hydrogen-bond donors (Lipinski definition) is 0. The summed E-state index contributed by atoms with van der Waals surface area (Å²) in [5.41, 5.74) is 3.12. The van der Waals surface area contributed by atoms with Crippen LogP contribution in [0.3, 0.4) is 0 Å². The van der Waals surface area contributed by atoms with Crippen LogP contribution in [-0.4, -0.2) is 69.9 Å². The van der Waals surface area contributed by atoms with E-state index < -0.39 is 0 Å². The lowest BCUT2D eigenvalue weighted by Gasteiger charge is -2.44. The van der Waals surface area contributed by atoms with Gasteiger partial charge in [-0.1, -0.05) is 6.07 Å². The van der Waals surface area contributed by atoms with E-state index in [0.29, 0.717) is 26.3 Å². The number of morpholine rings is 1. The maximum absolute atomic E-state index is 13.3. The number of ether oxygens (including phenoxy) is 1. The van der Waals surface area contributed by atoms with Gasteiger partial charge in [-0.3, -0.25) is 19.4 Å². The molecule has 2 fully saturated rings. The molecule has 0 N–H and O–H groups in total. The predicted molar refractivity (Wildman–Crippen MR) is 96.7 cm³/mol. The first kappa shape index (κ1) is 17.2. The van der Waals surface area contributed by atoms with Crippen LogP contribution in [0.5, 0.6) is 0 Å². The molecular weight excluding hydrogens is 330 g/mol. The van der Waals surface area contributed by atoms with Crippen LogP contribution < -0.4 is 0 Å². The topological polar surface area (TPSA) is 63.5 Å². The van der Waals surface area contributed by atoms with Gasteiger partial charge in [-0.05, 0) is 31.5 Å². The second-order valence-corrected chi connectivity index (χ2v) is 7.11. The Labute approximate surface area is 153 Å². The monoisotopic (exact) mass is 355 g/mol. The van der Waals surface area contributed by atoms with Gasteiger partial charge in [0.05, 0.1) is 24.9 Å². The maximum atomic E-state index is 13.3. The van der Waals surface area contributed by atoms with Crippen molar-refractivity contribution in [2.75, 3.05) is 39.4 Å². The number of aryl methyl sites for hydroxylation is 2. The number of rotatable bonds is 4. The van der Waals surface area contributed by atoms with E-state index >= 15 is 0 Å². The van der Waals surface area contributed by atoms with E-state index in [4.69, 9.17) is 4.74 Å². The molecule has 0 radical (unpaired) electrons. The van der Waals surface area contributed by atoms with Crippen LogP contribution in [0.25, 0.3) is 0 Å². The van der Waals surface area contributed by atoms with Gasteiger partial charge < -0.3 is 9.64 Å². The van der Waals surface area contributed by atoms with E-state index in [1.54, 1.807) is 12.4 Å². The highest BCUT2D eigenvalue weighted by Crippen LogP contribution is 2.29. The van der Waals surface area contributed by atoms with E-state index in [0.717, 1.165) is 30.0 Å². The van der Waals surface area contributed by atoms with Crippen molar-refractivity contribution in [3.8, 4) is 0 Å². The third kappa shape index (κ3) is 3.24. The molecule has 2 aliphatic heterocycles. The average Bonchev–Trinajstić information content (AvgIpc) is 2.94. The summed E-state index contributed by atoms with van der Waals surface area (Å²) in [4.78, 5) is 21.6. The lowest BCUT2D eigenvalue weighted by atomic mass is 10.0. The van der Waals surface area contributed by atoms with Crippen LogP contribution >= 0.6 is 0 Å². The first-order chi connectivity index (χ1) is 12.6. The zero-order valence-corrected chi connectivity index (χ0v) is 15.3. The van der Waals surface area contributed by atoms with Gasteiger partial charge >= 0.3 is 0 Å². The Kier molecular flexibility index (Phi) is 4.74. The summed E-state index contributed by atoms with van der Waals surface area (Å²) in [5, 5.41) is 4.56. The fraction of sp³-hybridized carbons (Fsp3) is 0.526. The fourth-order valence-electron chi connectivity index (χ4n) is 3.86. The van der Waals surface area contributed by atoms with Crippen LogP contribution in [-0.2, 0) is 9.53 Å². The number of carbonyl (C=O) groups excluding carboxylic acids is 1. The summed E-state index contributed by atoms with van der Waals surface area (Å²) in [6, 6.07) is 5.95. The van der Waals surface area contributed by atoms with Gasteiger partial charge in [-0.15, -0.1) is 0 Å². The molecule has 0 saturated carbocycles. The van der Waals surface area contributed by atoms with E-state index in [2.05, 4.69) is 28.0 Å². The zero-order chi connectivity index (χ0) is 18.1. The summed E-state index contributed by atoms with van der Waals surface area (Å²) < 4.78 is 7.51. The lowest BCUT2D eigenvalue weighted by Crippen LogP contribution is -2.55. The lowest BCUT2D eigenvalue weighted by molar-refractivity contribution is -0.145. The first-order valence-corrected chi connectivity index (χ1v) is 9.17. The van der Waals surface area contributed by atoms with E-state index in [1.807, 2.05) is 28.6 Å². The number of aromatic nitrogens is 3. The molecule has 0 aromatic carbocycles. The highest BCUT2D eigenvalue weighted by molar-refractivity contribution is 5.84. The molecule has 7 heteroatoms. The van der Waals surface area contributed by atoms with E-state index in [1.165, 1.54) is 0 Å².